The molecular formula is C19H13ClF2N2O4. The Morgan fingerprint density at radius 3 is 2.21 bits per heavy atom. The zero-order valence-electron chi connectivity index (χ0n) is 14.7. The molecule has 0 saturated heterocycles. The summed E-state index contributed by atoms with van der Waals surface area (Å²) in [5.41, 5.74) is -0.899. The average molecular weight is 407 g/mol. The number of halogens is 3. The van der Waals surface area contributed by atoms with Crippen LogP contribution in [0.3, 0.4) is 0 Å². The first-order chi connectivity index (χ1) is 13.4. The van der Waals surface area contributed by atoms with E-state index in [2.05, 4.69) is 5.10 Å². The largest absolute Gasteiger partial charge is 0.465 e. The van der Waals surface area contributed by atoms with Crippen LogP contribution < -0.4 is 0 Å². The molecule has 6 nitrogen and oxygen atoms in total. The van der Waals surface area contributed by atoms with Crippen molar-refractivity contribution in [2.45, 2.75) is 0 Å². The SMILES string of the molecule is COC(=O)c1c(-c2ccc(Cl)c(F)c2F)nn(-c2ccccc2)c1C(=O)OC. The Balaban J connectivity index is 2.41. The van der Waals surface area contributed by atoms with Crippen LogP contribution in [0.1, 0.15) is 20.8 Å². The van der Waals surface area contributed by atoms with Crippen molar-refractivity contribution in [3.63, 3.8) is 0 Å². The molecule has 2 aromatic carbocycles. The molecule has 0 aliphatic carbocycles. The number of carbonyl (C=O) groups is 2. The summed E-state index contributed by atoms with van der Waals surface area (Å²) in [6, 6.07) is 10.6. The van der Waals surface area contributed by atoms with Crippen molar-refractivity contribution >= 4 is 23.5 Å². The third kappa shape index (κ3) is 3.22. The van der Waals surface area contributed by atoms with Gasteiger partial charge in [0.15, 0.2) is 17.3 Å². The number of benzene rings is 2. The minimum atomic E-state index is -1.31. The van der Waals surface area contributed by atoms with Crippen molar-refractivity contribution in [1.29, 1.82) is 0 Å². The monoisotopic (exact) mass is 406 g/mol. The van der Waals surface area contributed by atoms with E-state index in [0.29, 0.717) is 5.69 Å². The van der Waals surface area contributed by atoms with E-state index in [1.54, 1.807) is 30.3 Å². The van der Waals surface area contributed by atoms with Crippen LogP contribution >= 0.6 is 11.6 Å². The maximum atomic E-state index is 14.5. The van der Waals surface area contributed by atoms with Gasteiger partial charge in [0.05, 0.1) is 24.9 Å². The lowest BCUT2D eigenvalue weighted by Crippen LogP contribution is -2.15. The van der Waals surface area contributed by atoms with Gasteiger partial charge in [0.25, 0.3) is 0 Å². The van der Waals surface area contributed by atoms with E-state index in [1.165, 1.54) is 0 Å². The molecule has 0 saturated carbocycles. The first-order valence-corrected chi connectivity index (χ1v) is 8.27. The number of ether oxygens (including phenoxy) is 2. The van der Waals surface area contributed by atoms with Gasteiger partial charge in [-0.2, -0.15) is 5.10 Å². The van der Waals surface area contributed by atoms with Crippen LogP contribution in [-0.4, -0.2) is 35.9 Å². The topological polar surface area (TPSA) is 70.4 Å². The molecule has 0 fully saturated rings. The second kappa shape index (κ2) is 7.77. The summed E-state index contributed by atoms with van der Waals surface area (Å²) in [6.07, 6.45) is 0. The summed E-state index contributed by atoms with van der Waals surface area (Å²) in [4.78, 5) is 24.9. The number of hydrogen-bond acceptors (Lipinski definition) is 5. The van der Waals surface area contributed by atoms with Crippen molar-refractivity contribution in [2.75, 3.05) is 14.2 Å². The number of methoxy groups -OCH3 is 2. The molecule has 144 valence electrons. The molecule has 0 amide bonds. The highest BCUT2D eigenvalue weighted by atomic mass is 35.5. The Hall–Kier alpha value is -3.26. The van der Waals surface area contributed by atoms with Crippen LogP contribution in [0.2, 0.25) is 5.02 Å². The van der Waals surface area contributed by atoms with Crippen LogP contribution in [0.15, 0.2) is 42.5 Å². The van der Waals surface area contributed by atoms with Crippen LogP contribution in [0.25, 0.3) is 16.9 Å². The summed E-state index contributed by atoms with van der Waals surface area (Å²) >= 11 is 5.60. The predicted octanol–water partition coefficient (Wildman–Crippen LogP) is 4.04. The Kier molecular flexibility index (Phi) is 5.41. The highest BCUT2D eigenvalue weighted by Crippen LogP contribution is 2.33. The van der Waals surface area contributed by atoms with E-state index in [4.69, 9.17) is 21.1 Å². The Morgan fingerprint density at radius 1 is 0.964 bits per heavy atom. The molecule has 1 heterocycles. The maximum Gasteiger partial charge on any atom is 0.357 e. The van der Waals surface area contributed by atoms with Gasteiger partial charge >= 0.3 is 11.9 Å². The van der Waals surface area contributed by atoms with Gasteiger partial charge in [0.2, 0.25) is 0 Å². The number of carbonyl (C=O) groups excluding carboxylic acids is 2. The van der Waals surface area contributed by atoms with Gasteiger partial charge in [0, 0.05) is 5.56 Å². The fraction of sp³-hybridized carbons (Fsp3) is 0.105. The fourth-order valence-electron chi connectivity index (χ4n) is 2.65. The standard InChI is InChI=1S/C19H13ClF2N2O4/c1-27-18(25)13-16(11-8-9-12(20)15(22)14(11)21)23-24(17(13)19(26)28-2)10-6-4-3-5-7-10/h3-9H,1-2H3. The fourth-order valence-corrected chi connectivity index (χ4v) is 2.80. The maximum absolute atomic E-state index is 14.5. The molecule has 3 aromatic rings. The minimum Gasteiger partial charge on any atom is -0.465 e. The van der Waals surface area contributed by atoms with Gasteiger partial charge in [-0.15, -0.1) is 0 Å². The normalized spacial score (nSPS) is 10.6. The molecule has 0 N–H and O–H groups in total. The minimum absolute atomic E-state index is 0.287. The molecule has 0 unspecified atom stereocenters. The van der Waals surface area contributed by atoms with E-state index in [9.17, 15) is 18.4 Å². The molecule has 0 spiro atoms. The summed E-state index contributed by atoms with van der Waals surface area (Å²) in [5, 5.41) is 3.75. The first-order valence-electron chi connectivity index (χ1n) is 7.89. The van der Waals surface area contributed by atoms with Crippen LogP contribution in [0, 0.1) is 11.6 Å². The van der Waals surface area contributed by atoms with E-state index in [-0.39, 0.29) is 22.5 Å². The van der Waals surface area contributed by atoms with Gasteiger partial charge in [-0.3, -0.25) is 0 Å². The van der Waals surface area contributed by atoms with Crippen molar-refractivity contribution in [3.8, 4) is 16.9 Å². The van der Waals surface area contributed by atoms with Crippen LogP contribution in [0.4, 0.5) is 8.78 Å². The highest BCUT2D eigenvalue weighted by molar-refractivity contribution is 6.30. The zero-order chi connectivity index (χ0) is 20.4. The van der Waals surface area contributed by atoms with Crippen LogP contribution in [-0.2, 0) is 9.47 Å². The summed E-state index contributed by atoms with van der Waals surface area (Å²) in [6.45, 7) is 0. The summed E-state index contributed by atoms with van der Waals surface area (Å²) < 4.78 is 39.1. The molecule has 0 bridgehead atoms. The number of rotatable bonds is 4. The van der Waals surface area contributed by atoms with Crippen molar-refractivity contribution in [2.24, 2.45) is 0 Å². The number of aromatic nitrogens is 2. The second-order valence-electron chi connectivity index (χ2n) is 5.53. The molecular weight excluding hydrogens is 394 g/mol. The van der Waals surface area contributed by atoms with Gasteiger partial charge < -0.3 is 9.47 Å². The number of nitrogens with zero attached hydrogens (tertiary/aromatic N) is 2. The lowest BCUT2D eigenvalue weighted by Gasteiger charge is -2.07. The molecule has 0 aliphatic rings. The van der Waals surface area contributed by atoms with E-state index < -0.39 is 28.6 Å². The van der Waals surface area contributed by atoms with E-state index >= 15 is 0 Å². The quantitative estimate of drug-likeness (QED) is 0.483. The van der Waals surface area contributed by atoms with Crippen molar-refractivity contribution in [3.05, 3.63) is 70.4 Å². The molecule has 0 atom stereocenters. The third-order valence-electron chi connectivity index (χ3n) is 3.94. The van der Waals surface area contributed by atoms with Gasteiger partial charge in [0.1, 0.15) is 11.3 Å². The number of esters is 2. The molecule has 28 heavy (non-hydrogen) atoms. The van der Waals surface area contributed by atoms with Gasteiger partial charge in [-0.05, 0) is 24.3 Å². The van der Waals surface area contributed by atoms with Gasteiger partial charge in [-0.25, -0.2) is 23.1 Å². The molecule has 9 heteroatoms. The van der Waals surface area contributed by atoms with Crippen molar-refractivity contribution in [1.82, 2.24) is 9.78 Å². The number of hydrogen-bond donors (Lipinski definition) is 0. The number of para-hydroxylation sites is 1. The predicted molar refractivity (Wildman–Crippen MR) is 96.6 cm³/mol. The van der Waals surface area contributed by atoms with Gasteiger partial charge in [-0.1, -0.05) is 29.8 Å². The summed E-state index contributed by atoms with van der Waals surface area (Å²) in [5.74, 6) is -4.49. The smallest absolute Gasteiger partial charge is 0.357 e. The zero-order valence-corrected chi connectivity index (χ0v) is 15.5. The molecule has 0 aliphatic heterocycles. The summed E-state index contributed by atoms with van der Waals surface area (Å²) in [7, 11) is 2.21. The lowest BCUT2D eigenvalue weighted by molar-refractivity contribution is 0.0549. The third-order valence-corrected chi connectivity index (χ3v) is 4.24. The molecule has 1 aromatic heterocycles. The Labute approximate surface area is 163 Å². The molecule has 0 radical (unpaired) electrons. The molecule has 3 rings (SSSR count). The van der Waals surface area contributed by atoms with E-state index in [1.807, 2.05) is 0 Å². The van der Waals surface area contributed by atoms with E-state index in [0.717, 1.165) is 31.0 Å². The van der Waals surface area contributed by atoms with Crippen molar-refractivity contribution < 1.29 is 27.8 Å². The van der Waals surface area contributed by atoms with Crippen LogP contribution in [0.5, 0.6) is 0 Å². The second-order valence-corrected chi connectivity index (χ2v) is 5.93. The Morgan fingerprint density at radius 2 is 1.61 bits per heavy atom. The Bertz CT molecular complexity index is 1070. The highest BCUT2D eigenvalue weighted by Gasteiger charge is 2.33. The first kappa shape index (κ1) is 19.5. The lowest BCUT2D eigenvalue weighted by atomic mass is 10.0. The average Bonchev–Trinajstić information content (AvgIpc) is 3.12.